The molecular formula is C10H20ClNO2. The minimum atomic E-state index is 0. The molecule has 0 amide bonds. The first-order valence-corrected chi connectivity index (χ1v) is 5.16. The van der Waals surface area contributed by atoms with Crippen LogP contribution in [0.25, 0.3) is 0 Å². The molecule has 2 aliphatic rings. The summed E-state index contributed by atoms with van der Waals surface area (Å²) < 4.78 is 10.9. The molecule has 0 radical (unpaired) electrons. The summed E-state index contributed by atoms with van der Waals surface area (Å²) in [6.45, 7) is 0. The number of hydrogen-bond donors (Lipinski definition) is 1. The fourth-order valence-corrected chi connectivity index (χ4v) is 2.68. The molecule has 0 aromatic rings. The smallest absolute Gasteiger partial charge is 0.0724 e. The highest BCUT2D eigenvalue weighted by atomic mass is 35.5. The Labute approximate surface area is 91.9 Å². The predicted molar refractivity (Wildman–Crippen MR) is 58.0 cm³/mol. The Morgan fingerprint density at radius 2 is 1.29 bits per heavy atom. The highest BCUT2D eigenvalue weighted by Gasteiger charge is 2.37. The van der Waals surface area contributed by atoms with Gasteiger partial charge < -0.3 is 14.8 Å². The van der Waals surface area contributed by atoms with Crippen molar-refractivity contribution in [3.05, 3.63) is 0 Å². The minimum absolute atomic E-state index is 0. The van der Waals surface area contributed by atoms with E-state index in [0.29, 0.717) is 24.3 Å². The zero-order valence-corrected chi connectivity index (χ0v) is 9.68. The van der Waals surface area contributed by atoms with E-state index in [0.717, 1.165) is 0 Å². The molecule has 0 saturated carbocycles. The molecule has 3 nitrogen and oxygen atoms in total. The molecule has 2 saturated heterocycles. The van der Waals surface area contributed by atoms with Gasteiger partial charge >= 0.3 is 0 Å². The van der Waals surface area contributed by atoms with Gasteiger partial charge in [0.05, 0.1) is 12.2 Å². The molecule has 2 rings (SSSR count). The molecule has 2 fully saturated rings. The summed E-state index contributed by atoms with van der Waals surface area (Å²) in [6, 6.07) is 1.13. The summed E-state index contributed by atoms with van der Waals surface area (Å²) in [5, 5.41) is 3.60. The molecule has 4 heteroatoms. The Morgan fingerprint density at radius 1 is 0.857 bits per heavy atom. The molecule has 1 N–H and O–H groups in total. The third-order valence-corrected chi connectivity index (χ3v) is 3.46. The largest absolute Gasteiger partial charge is 0.380 e. The zero-order valence-electron chi connectivity index (χ0n) is 8.86. The molecule has 0 aromatic carbocycles. The van der Waals surface area contributed by atoms with Crippen molar-refractivity contribution >= 4 is 12.4 Å². The average molecular weight is 222 g/mol. The lowest BCUT2D eigenvalue weighted by Gasteiger charge is -2.44. The fourth-order valence-electron chi connectivity index (χ4n) is 2.68. The standard InChI is InChI=1S/C10H19NO2.ClH/c1-12-9-5-3-8-10(13-2)6-4-7(9)11-8;/h7-11H,3-6H2,1-2H3;1H. The van der Waals surface area contributed by atoms with E-state index in [2.05, 4.69) is 5.32 Å². The van der Waals surface area contributed by atoms with Gasteiger partial charge in [-0.1, -0.05) is 0 Å². The summed E-state index contributed by atoms with van der Waals surface area (Å²) >= 11 is 0. The molecule has 2 aliphatic heterocycles. The molecule has 2 bridgehead atoms. The third-order valence-electron chi connectivity index (χ3n) is 3.46. The van der Waals surface area contributed by atoms with Crippen LogP contribution in [0.15, 0.2) is 0 Å². The molecule has 4 atom stereocenters. The van der Waals surface area contributed by atoms with Gasteiger partial charge in [0, 0.05) is 26.3 Å². The van der Waals surface area contributed by atoms with Crippen LogP contribution in [0.2, 0.25) is 0 Å². The van der Waals surface area contributed by atoms with Crippen LogP contribution in [-0.2, 0) is 9.47 Å². The van der Waals surface area contributed by atoms with Crippen molar-refractivity contribution in [2.24, 2.45) is 0 Å². The summed E-state index contributed by atoms with van der Waals surface area (Å²) in [7, 11) is 3.63. The summed E-state index contributed by atoms with van der Waals surface area (Å²) in [6.07, 6.45) is 5.58. The summed E-state index contributed by atoms with van der Waals surface area (Å²) in [5.41, 5.74) is 0. The highest BCUT2D eigenvalue weighted by Crippen LogP contribution is 2.28. The third kappa shape index (κ3) is 2.22. The van der Waals surface area contributed by atoms with Crippen molar-refractivity contribution in [2.45, 2.75) is 50.0 Å². The van der Waals surface area contributed by atoms with E-state index in [1.807, 2.05) is 14.2 Å². The monoisotopic (exact) mass is 221 g/mol. The SMILES string of the molecule is COC1CCC2NC1CCC2OC.Cl. The van der Waals surface area contributed by atoms with Crippen molar-refractivity contribution in [1.82, 2.24) is 5.32 Å². The normalized spacial score (nSPS) is 41.6. The van der Waals surface area contributed by atoms with E-state index < -0.39 is 0 Å². The van der Waals surface area contributed by atoms with Crippen LogP contribution in [0.4, 0.5) is 0 Å². The Kier molecular flexibility index (Phi) is 4.64. The molecule has 14 heavy (non-hydrogen) atoms. The van der Waals surface area contributed by atoms with Crippen molar-refractivity contribution in [1.29, 1.82) is 0 Å². The lowest BCUT2D eigenvalue weighted by Crippen LogP contribution is -2.59. The first-order valence-electron chi connectivity index (χ1n) is 5.16. The maximum absolute atomic E-state index is 5.44. The van der Waals surface area contributed by atoms with Gasteiger partial charge in [0.25, 0.3) is 0 Å². The van der Waals surface area contributed by atoms with E-state index in [-0.39, 0.29) is 12.4 Å². The van der Waals surface area contributed by atoms with Gasteiger partial charge in [-0.15, -0.1) is 12.4 Å². The van der Waals surface area contributed by atoms with Crippen molar-refractivity contribution in [3.8, 4) is 0 Å². The van der Waals surface area contributed by atoms with Gasteiger partial charge in [-0.25, -0.2) is 0 Å². The Hall–Kier alpha value is 0.170. The first kappa shape index (κ1) is 12.2. The molecule has 0 aliphatic carbocycles. The van der Waals surface area contributed by atoms with E-state index >= 15 is 0 Å². The number of ether oxygens (including phenoxy) is 2. The van der Waals surface area contributed by atoms with Crippen molar-refractivity contribution < 1.29 is 9.47 Å². The van der Waals surface area contributed by atoms with Crippen LogP contribution in [0.3, 0.4) is 0 Å². The molecule has 2 heterocycles. The van der Waals surface area contributed by atoms with Crippen molar-refractivity contribution in [2.75, 3.05) is 14.2 Å². The number of halogens is 1. The maximum Gasteiger partial charge on any atom is 0.0724 e. The van der Waals surface area contributed by atoms with Crippen LogP contribution >= 0.6 is 12.4 Å². The van der Waals surface area contributed by atoms with E-state index in [1.54, 1.807) is 0 Å². The first-order chi connectivity index (χ1) is 6.35. The van der Waals surface area contributed by atoms with Crippen LogP contribution in [-0.4, -0.2) is 38.5 Å². The van der Waals surface area contributed by atoms with Crippen molar-refractivity contribution in [3.63, 3.8) is 0 Å². The number of piperidine rings is 2. The Morgan fingerprint density at radius 3 is 1.64 bits per heavy atom. The van der Waals surface area contributed by atoms with Gasteiger partial charge in [0.1, 0.15) is 0 Å². The quantitative estimate of drug-likeness (QED) is 0.764. The fraction of sp³-hybridized carbons (Fsp3) is 1.00. The number of hydrogen-bond acceptors (Lipinski definition) is 3. The van der Waals surface area contributed by atoms with Crippen LogP contribution < -0.4 is 5.32 Å². The second-order valence-corrected chi connectivity index (χ2v) is 4.08. The summed E-state index contributed by atoms with van der Waals surface area (Å²) in [4.78, 5) is 0. The number of nitrogens with one attached hydrogen (secondary N) is 1. The zero-order chi connectivity index (χ0) is 9.26. The summed E-state index contributed by atoms with van der Waals surface area (Å²) in [5.74, 6) is 0. The van der Waals surface area contributed by atoms with Gasteiger partial charge in [0.2, 0.25) is 0 Å². The van der Waals surface area contributed by atoms with Gasteiger partial charge in [-0.3, -0.25) is 0 Å². The second-order valence-electron chi connectivity index (χ2n) is 4.08. The Bertz CT molecular complexity index is 162. The molecule has 4 unspecified atom stereocenters. The van der Waals surface area contributed by atoms with Crippen LogP contribution in [0.5, 0.6) is 0 Å². The number of rotatable bonds is 2. The molecule has 84 valence electrons. The van der Waals surface area contributed by atoms with E-state index in [9.17, 15) is 0 Å². The molecule has 0 spiro atoms. The number of methoxy groups -OCH3 is 2. The van der Waals surface area contributed by atoms with Crippen LogP contribution in [0, 0.1) is 0 Å². The van der Waals surface area contributed by atoms with E-state index in [1.165, 1.54) is 25.7 Å². The Balaban J connectivity index is 0.000000980. The van der Waals surface area contributed by atoms with Crippen LogP contribution in [0.1, 0.15) is 25.7 Å². The van der Waals surface area contributed by atoms with E-state index in [4.69, 9.17) is 9.47 Å². The average Bonchev–Trinajstić information content (AvgIpc) is 2.19. The second kappa shape index (κ2) is 5.31. The maximum atomic E-state index is 5.44. The highest BCUT2D eigenvalue weighted by molar-refractivity contribution is 5.85. The molecular weight excluding hydrogens is 202 g/mol. The van der Waals surface area contributed by atoms with Gasteiger partial charge in [-0.05, 0) is 25.7 Å². The predicted octanol–water partition coefficient (Wildman–Crippen LogP) is 1.35. The van der Waals surface area contributed by atoms with Gasteiger partial charge in [-0.2, -0.15) is 0 Å². The lowest BCUT2D eigenvalue weighted by molar-refractivity contribution is -0.0380. The van der Waals surface area contributed by atoms with Gasteiger partial charge in [0.15, 0.2) is 0 Å². The topological polar surface area (TPSA) is 30.5 Å². The lowest BCUT2D eigenvalue weighted by atomic mass is 9.83. The molecule has 0 aromatic heterocycles. The number of fused-ring (bicyclic) bond motifs is 2. The minimum Gasteiger partial charge on any atom is -0.380 e.